The Morgan fingerprint density at radius 1 is 1.12 bits per heavy atom. The van der Waals surface area contributed by atoms with Crippen LogP contribution in [0.2, 0.25) is 0 Å². The molecule has 2 rings (SSSR count). The van der Waals surface area contributed by atoms with Gasteiger partial charge in [0.2, 0.25) is 0 Å². The molecule has 0 bridgehead atoms. The molecule has 1 heterocycles. The fourth-order valence-electron chi connectivity index (χ4n) is 2.01. The second-order valence-electron chi connectivity index (χ2n) is 4.72. The number of hydrogen-bond acceptors (Lipinski definition) is 2. The highest BCUT2D eigenvalue weighted by atomic mass is 32.1. The molecule has 0 aliphatic rings. The summed E-state index contributed by atoms with van der Waals surface area (Å²) >= 11 is 1.86. The quantitative estimate of drug-likeness (QED) is 0.866. The van der Waals surface area contributed by atoms with E-state index in [2.05, 4.69) is 51.1 Å². The predicted molar refractivity (Wildman–Crippen MR) is 76.7 cm³/mol. The number of benzene rings is 1. The van der Waals surface area contributed by atoms with Gasteiger partial charge in [0.15, 0.2) is 0 Å². The first-order valence-electron chi connectivity index (χ1n) is 5.98. The first-order valence-corrected chi connectivity index (χ1v) is 6.80. The molecular formula is C15H19NS. The summed E-state index contributed by atoms with van der Waals surface area (Å²) in [5.74, 6) is 0.458. The van der Waals surface area contributed by atoms with Crippen LogP contribution in [0.15, 0.2) is 30.3 Å². The van der Waals surface area contributed by atoms with E-state index in [1.165, 1.54) is 26.4 Å². The van der Waals surface area contributed by atoms with Gasteiger partial charge in [-0.05, 0) is 38.1 Å². The van der Waals surface area contributed by atoms with Gasteiger partial charge in [0.05, 0.1) is 0 Å². The van der Waals surface area contributed by atoms with Crippen molar-refractivity contribution in [1.82, 2.24) is 0 Å². The zero-order chi connectivity index (χ0) is 12.4. The van der Waals surface area contributed by atoms with Crippen LogP contribution in [0.5, 0.6) is 0 Å². The van der Waals surface area contributed by atoms with Crippen molar-refractivity contribution in [1.29, 1.82) is 0 Å². The Morgan fingerprint density at radius 3 is 2.35 bits per heavy atom. The van der Waals surface area contributed by atoms with Gasteiger partial charge in [0, 0.05) is 15.7 Å². The highest BCUT2D eigenvalue weighted by Gasteiger charge is 2.08. The first-order chi connectivity index (χ1) is 8.10. The van der Waals surface area contributed by atoms with Crippen LogP contribution in [0.3, 0.4) is 0 Å². The van der Waals surface area contributed by atoms with Crippen molar-refractivity contribution in [2.75, 3.05) is 6.54 Å². The smallest absolute Gasteiger partial charge is 0.0345 e. The minimum atomic E-state index is 0.458. The van der Waals surface area contributed by atoms with Crippen molar-refractivity contribution in [3.05, 3.63) is 46.3 Å². The minimum absolute atomic E-state index is 0.458. The Bertz CT molecular complexity index is 493. The molecule has 1 aromatic heterocycles. The van der Waals surface area contributed by atoms with Gasteiger partial charge in [-0.2, -0.15) is 0 Å². The van der Waals surface area contributed by atoms with E-state index in [0.717, 1.165) is 0 Å². The maximum absolute atomic E-state index is 5.71. The largest absolute Gasteiger partial charge is 0.330 e. The summed E-state index contributed by atoms with van der Waals surface area (Å²) in [5.41, 5.74) is 9.67. The molecular weight excluding hydrogens is 226 g/mol. The van der Waals surface area contributed by atoms with Gasteiger partial charge in [-0.25, -0.2) is 0 Å². The van der Waals surface area contributed by atoms with Crippen LogP contribution in [0.1, 0.15) is 28.8 Å². The second-order valence-corrected chi connectivity index (χ2v) is 5.83. The molecule has 0 fully saturated rings. The van der Waals surface area contributed by atoms with E-state index in [-0.39, 0.29) is 0 Å². The maximum atomic E-state index is 5.71. The van der Waals surface area contributed by atoms with E-state index in [0.29, 0.717) is 12.5 Å². The Kier molecular flexibility index (Phi) is 3.65. The fraction of sp³-hybridized carbons (Fsp3) is 0.333. The number of hydrogen-bond donors (Lipinski definition) is 1. The third kappa shape index (κ3) is 2.76. The summed E-state index contributed by atoms with van der Waals surface area (Å²) < 4.78 is 0. The molecule has 0 aliphatic heterocycles. The number of nitrogens with two attached hydrogens (primary N) is 1. The summed E-state index contributed by atoms with van der Waals surface area (Å²) in [7, 11) is 0. The van der Waals surface area contributed by atoms with Crippen LogP contribution >= 0.6 is 11.3 Å². The van der Waals surface area contributed by atoms with E-state index < -0.39 is 0 Å². The SMILES string of the molecule is Cc1cc(C)cc(-c2ccc(C(C)CN)s2)c1. The van der Waals surface area contributed by atoms with Gasteiger partial charge in [-0.3, -0.25) is 0 Å². The van der Waals surface area contributed by atoms with Crippen LogP contribution in [0.4, 0.5) is 0 Å². The molecule has 0 amide bonds. The highest BCUT2D eigenvalue weighted by molar-refractivity contribution is 7.15. The zero-order valence-corrected chi connectivity index (χ0v) is 11.5. The molecule has 0 saturated carbocycles. The van der Waals surface area contributed by atoms with Crippen LogP contribution in [-0.4, -0.2) is 6.54 Å². The summed E-state index contributed by atoms with van der Waals surface area (Å²) in [6.45, 7) is 7.19. The lowest BCUT2D eigenvalue weighted by Crippen LogP contribution is -2.06. The number of rotatable bonds is 3. The standard InChI is InChI=1S/C15H19NS/c1-10-6-11(2)8-13(7-10)15-5-4-14(17-15)12(3)9-16/h4-8,12H,9,16H2,1-3H3. The topological polar surface area (TPSA) is 26.0 Å². The van der Waals surface area contributed by atoms with Crippen molar-refractivity contribution in [3.63, 3.8) is 0 Å². The number of thiophene rings is 1. The molecule has 0 saturated heterocycles. The highest BCUT2D eigenvalue weighted by Crippen LogP contribution is 2.32. The normalized spacial score (nSPS) is 12.7. The molecule has 1 atom stereocenters. The molecule has 1 nitrogen and oxygen atoms in total. The molecule has 90 valence electrons. The Morgan fingerprint density at radius 2 is 1.76 bits per heavy atom. The fourth-order valence-corrected chi connectivity index (χ4v) is 3.07. The van der Waals surface area contributed by atoms with Crippen LogP contribution < -0.4 is 5.73 Å². The number of aryl methyl sites for hydroxylation is 2. The van der Waals surface area contributed by atoms with Gasteiger partial charge >= 0.3 is 0 Å². The van der Waals surface area contributed by atoms with E-state index in [1.54, 1.807) is 0 Å². The maximum Gasteiger partial charge on any atom is 0.0345 e. The monoisotopic (exact) mass is 245 g/mol. The van der Waals surface area contributed by atoms with Gasteiger partial charge in [-0.1, -0.05) is 36.2 Å². The molecule has 1 unspecified atom stereocenters. The predicted octanol–water partition coefficient (Wildman–Crippen LogP) is 4.09. The molecule has 0 radical (unpaired) electrons. The third-order valence-corrected chi connectivity index (χ3v) is 4.34. The van der Waals surface area contributed by atoms with Crippen molar-refractivity contribution >= 4 is 11.3 Å². The summed E-state index contributed by atoms with van der Waals surface area (Å²) in [6, 6.07) is 11.1. The average molecular weight is 245 g/mol. The molecule has 2 aromatic rings. The van der Waals surface area contributed by atoms with E-state index in [9.17, 15) is 0 Å². The lowest BCUT2D eigenvalue weighted by atomic mass is 10.1. The van der Waals surface area contributed by atoms with Crippen LogP contribution in [0.25, 0.3) is 10.4 Å². The van der Waals surface area contributed by atoms with Crippen molar-refractivity contribution in [3.8, 4) is 10.4 Å². The minimum Gasteiger partial charge on any atom is -0.330 e. The zero-order valence-electron chi connectivity index (χ0n) is 10.7. The second kappa shape index (κ2) is 5.03. The summed E-state index contributed by atoms with van der Waals surface area (Å²) in [6.07, 6.45) is 0. The van der Waals surface area contributed by atoms with E-state index >= 15 is 0 Å². The van der Waals surface area contributed by atoms with Crippen molar-refractivity contribution in [2.24, 2.45) is 5.73 Å². The first kappa shape index (κ1) is 12.3. The molecule has 0 spiro atoms. The third-order valence-electron chi connectivity index (χ3n) is 2.97. The van der Waals surface area contributed by atoms with Gasteiger partial charge in [-0.15, -0.1) is 11.3 Å². The van der Waals surface area contributed by atoms with Gasteiger partial charge in [0.1, 0.15) is 0 Å². The van der Waals surface area contributed by atoms with E-state index in [1.807, 2.05) is 11.3 Å². The average Bonchev–Trinajstić information content (AvgIpc) is 2.76. The molecule has 2 heteroatoms. The lowest BCUT2D eigenvalue weighted by Gasteiger charge is -2.04. The summed E-state index contributed by atoms with van der Waals surface area (Å²) in [4.78, 5) is 2.72. The van der Waals surface area contributed by atoms with Crippen molar-refractivity contribution < 1.29 is 0 Å². The van der Waals surface area contributed by atoms with Crippen LogP contribution in [-0.2, 0) is 0 Å². The molecule has 0 aliphatic carbocycles. The van der Waals surface area contributed by atoms with Crippen molar-refractivity contribution in [2.45, 2.75) is 26.7 Å². The Labute approximate surface area is 107 Å². The van der Waals surface area contributed by atoms with Gasteiger partial charge in [0.25, 0.3) is 0 Å². The molecule has 17 heavy (non-hydrogen) atoms. The van der Waals surface area contributed by atoms with E-state index in [4.69, 9.17) is 5.73 Å². The molecule has 2 N–H and O–H groups in total. The Balaban J connectivity index is 2.36. The lowest BCUT2D eigenvalue weighted by molar-refractivity contribution is 0.790. The summed E-state index contributed by atoms with van der Waals surface area (Å²) in [5, 5.41) is 0. The van der Waals surface area contributed by atoms with Crippen LogP contribution in [0, 0.1) is 13.8 Å². The molecule has 1 aromatic carbocycles. The Hall–Kier alpha value is -1.12. The van der Waals surface area contributed by atoms with Gasteiger partial charge < -0.3 is 5.73 Å².